The van der Waals surface area contributed by atoms with E-state index in [2.05, 4.69) is 15.5 Å². The Morgan fingerprint density at radius 2 is 2.35 bits per heavy atom. The average molecular weight is 251 g/mol. The molecule has 2 heterocycles. The predicted octanol–water partition coefficient (Wildman–Crippen LogP) is 1.72. The van der Waals surface area contributed by atoms with E-state index in [9.17, 15) is 4.79 Å². The van der Waals surface area contributed by atoms with Crippen molar-refractivity contribution >= 4 is 17.2 Å². The lowest BCUT2D eigenvalue weighted by molar-refractivity contribution is 0.0952. The molecule has 0 saturated carbocycles. The van der Waals surface area contributed by atoms with Crippen LogP contribution in [0, 0.1) is 13.8 Å². The third-order valence-corrected chi connectivity index (χ3v) is 3.21. The molecule has 0 spiro atoms. The molecule has 0 unspecified atom stereocenters. The van der Waals surface area contributed by atoms with Crippen LogP contribution in [0.25, 0.3) is 0 Å². The van der Waals surface area contributed by atoms with Gasteiger partial charge in [-0.05, 0) is 13.8 Å². The Bertz CT molecular complexity index is 485. The Morgan fingerprint density at radius 1 is 1.53 bits per heavy atom. The molecule has 0 aromatic carbocycles. The summed E-state index contributed by atoms with van der Waals surface area (Å²) in [6.45, 7) is 4.05. The van der Waals surface area contributed by atoms with E-state index < -0.39 is 0 Å². The van der Waals surface area contributed by atoms with Crippen LogP contribution in [0.5, 0.6) is 0 Å². The summed E-state index contributed by atoms with van der Waals surface area (Å²) in [6.07, 6.45) is 2.50. The molecule has 17 heavy (non-hydrogen) atoms. The second-order valence-corrected chi connectivity index (χ2v) is 4.61. The smallest absolute Gasteiger partial charge is 0.256 e. The van der Waals surface area contributed by atoms with Crippen molar-refractivity contribution in [3.63, 3.8) is 0 Å². The summed E-state index contributed by atoms with van der Waals surface area (Å²) in [6, 6.07) is 0. The monoisotopic (exact) mass is 251 g/mol. The van der Waals surface area contributed by atoms with Crippen LogP contribution in [0.3, 0.4) is 0 Å². The molecule has 2 aromatic heterocycles. The Kier molecular flexibility index (Phi) is 3.53. The summed E-state index contributed by atoms with van der Waals surface area (Å²) in [5.41, 5.74) is 1.15. The maximum absolute atomic E-state index is 11.8. The molecule has 90 valence electrons. The highest BCUT2D eigenvalue weighted by Gasteiger charge is 2.16. The predicted molar refractivity (Wildman–Crippen MR) is 64.1 cm³/mol. The standard InChI is InChI=1S/C11H13N3O2S/c1-7-10(8(2)16-14-7)11(15)13-4-3-9-12-5-6-17-9/h5-6H,3-4H2,1-2H3,(H,13,15). The number of amides is 1. The fourth-order valence-corrected chi connectivity index (χ4v) is 2.18. The summed E-state index contributed by atoms with van der Waals surface area (Å²) < 4.78 is 4.95. The van der Waals surface area contributed by atoms with Gasteiger partial charge >= 0.3 is 0 Å². The van der Waals surface area contributed by atoms with Gasteiger partial charge in [-0.25, -0.2) is 4.98 Å². The molecule has 0 saturated heterocycles. The zero-order valence-electron chi connectivity index (χ0n) is 9.69. The number of nitrogens with zero attached hydrogens (tertiary/aromatic N) is 2. The van der Waals surface area contributed by atoms with Crippen molar-refractivity contribution < 1.29 is 9.32 Å². The van der Waals surface area contributed by atoms with Gasteiger partial charge in [0.15, 0.2) is 0 Å². The van der Waals surface area contributed by atoms with E-state index in [1.54, 1.807) is 31.4 Å². The fourth-order valence-electron chi connectivity index (χ4n) is 1.55. The zero-order chi connectivity index (χ0) is 12.3. The molecular weight excluding hydrogens is 238 g/mol. The van der Waals surface area contributed by atoms with E-state index in [1.807, 2.05) is 5.38 Å². The second-order valence-electron chi connectivity index (χ2n) is 3.63. The van der Waals surface area contributed by atoms with Gasteiger partial charge in [0, 0.05) is 24.5 Å². The molecule has 2 rings (SSSR count). The zero-order valence-corrected chi connectivity index (χ0v) is 10.5. The van der Waals surface area contributed by atoms with Gasteiger partial charge in [-0.2, -0.15) is 0 Å². The van der Waals surface area contributed by atoms with Crippen molar-refractivity contribution in [2.45, 2.75) is 20.3 Å². The Labute approximate surface area is 103 Å². The van der Waals surface area contributed by atoms with Crippen LogP contribution in [-0.2, 0) is 6.42 Å². The average Bonchev–Trinajstić information content (AvgIpc) is 2.89. The quantitative estimate of drug-likeness (QED) is 0.898. The van der Waals surface area contributed by atoms with Crippen molar-refractivity contribution in [3.05, 3.63) is 33.6 Å². The first-order valence-corrected chi connectivity index (χ1v) is 6.16. The molecule has 1 N–H and O–H groups in total. The minimum absolute atomic E-state index is 0.141. The number of nitrogens with one attached hydrogen (secondary N) is 1. The Balaban J connectivity index is 1.90. The van der Waals surface area contributed by atoms with E-state index in [0.717, 1.165) is 11.4 Å². The molecule has 2 aromatic rings. The number of hydrogen-bond acceptors (Lipinski definition) is 5. The third-order valence-electron chi connectivity index (χ3n) is 2.37. The van der Waals surface area contributed by atoms with Gasteiger partial charge in [0.05, 0.1) is 10.7 Å². The molecule has 1 amide bonds. The van der Waals surface area contributed by atoms with Crippen molar-refractivity contribution in [2.75, 3.05) is 6.54 Å². The van der Waals surface area contributed by atoms with E-state index >= 15 is 0 Å². The van der Waals surface area contributed by atoms with E-state index in [0.29, 0.717) is 23.6 Å². The van der Waals surface area contributed by atoms with E-state index in [-0.39, 0.29) is 5.91 Å². The van der Waals surface area contributed by atoms with Crippen LogP contribution in [0.1, 0.15) is 26.8 Å². The molecule has 0 aliphatic heterocycles. The molecular formula is C11H13N3O2S. The first kappa shape index (κ1) is 11.8. The van der Waals surface area contributed by atoms with E-state index in [4.69, 9.17) is 4.52 Å². The van der Waals surface area contributed by atoms with Crippen molar-refractivity contribution in [1.29, 1.82) is 0 Å². The fraction of sp³-hybridized carbons (Fsp3) is 0.364. The SMILES string of the molecule is Cc1noc(C)c1C(=O)NCCc1nccs1. The number of carbonyl (C=O) groups is 1. The maximum Gasteiger partial charge on any atom is 0.256 e. The van der Waals surface area contributed by atoms with Crippen LogP contribution in [-0.4, -0.2) is 22.6 Å². The first-order chi connectivity index (χ1) is 8.18. The number of thiazole rings is 1. The molecule has 0 fully saturated rings. The molecule has 0 atom stereocenters. The number of carbonyl (C=O) groups excluding carboxylic acids is 1. The highest BCUT2D eigenvalue weighted by atomic mass is 32.1. The molecule has 5 nitrogen and oxygen atoms in total. The van der Waals surface area contributed by atoms with Gasteiger partial charge < -0.3 is 9.84 Å². The highest BCUT2D eigenvalue weighted by molar-refractivity contribution is 7.09. The second kappa shape index (κ2) is 5.09. The number of aromatic nitrogens is 2. The summed E-state index contributed by atoms with van der Waals surface area (Å²) in [4.78, 5) is 16.0. The minimum Gasteiger partial charge on any atom is -0.361 e. The van der Waals surface area contributed by atoms with Gasteiger partial charge in [0.2, 0.25) is 0 Å². The number of hydrogen-bond donors (Lipinski definition) is 1. The van der Waals surface area contributed by atoms with Crippen molar-refractivity contribution in [2.24, 2.45) is 0 Å². The summed E-state index contributed by atoms with van der Waals surface area (Å²) >= 11 is 1.59. The van der Waals surface area contributed by atoms with Crippen LogP contribution in [0.15, 0.2) is 16.1 Å². The largest absolute Gasteiger partial charge is 0.361 e. The van der Waals surface area contributed by atoms with Gasteiger partial charge in [-0.1, -0.05) is 5.16 Å². The van der Waals surface area contributed by atoms with Crippen LogP contribution in [0.2, 0.25) is 0 Å². The summed E-state index contributed by atoms with van der Waals surface area (Å²) in [5, 5.41) is 9.52. The molecule has 6 heteroatoms. The number of aryl methyl sites for hydroxylation is 2. The van der Waals surface area contributed by atoms with Crippen molar-refractivity contribution in [3.8, 4) is 0 Å². The van der Waals surface area contributed by atoms with Crippen LogP contribution in [0.4, 0.5) is 0 Å². The van der Waals surface area contributed by atoms with Crippen LogP contribution < -0.4 is 5.32 Å². The van der Waals surface area contributed by atoms with Gasteiger partial charge in [-0.3, -0.25) is 4.79 Å². The molecule has 0 bridgehead atoms. The topological polar surface area (TPSA) is 68.0 Å². The van der Waals surface area contributed by atoms with Gasteiger partial charge in [0.1, 0.15) is 11.3 Å². The minimum atomic E-state index is -0.141. The lowest BCUT2D eigenvalue weighted by Crippen LogP contribution is -2.26. The Morgan fingerprint density at radius 3 is 2.94 bits per heavy atom. The van der Waals surface area contributed by atoms with Crippen LogP contribution >= 0.6 is 11.3 Å². The van der Waals surface area contributed by atoms with Gasteiger partial charge in [-0.15, -0.1) is 11.3 Å². The molecule has 0 aliphatic rings. The lowest BCUT2D eigenvalue weighted by Gasteiger charge is -2.02. The summed E-state index contributed by atoms with van der Waals surface area (Å²) in [5.74, 6) is 0.409. The maximum atomic E-state index is 11.8. The van der Waals surface area contributed by atoms with Crippen molar-refractivity contribution in [1.82, 2.24) is 15.5 Å². The van der Waals surface area contributed by atoms with Gasteiger partial charge in [0.25, 0.3) is 5.91 Å². The lowest BCUT2D eigenvalue weighted by atomic mass is 10.2. The Hall–Kier alpha value is -1.69. The first-order valence-electron chi connectivity index (χ1n) is 5.28. The number of rotatable bonds is 4. The molecule has 0 radical (unpaired) electrons. The third kappa shape index (κ3) is 2.71. The normalized spacial score (nSPS) is 10.5. The summed E-state index contributed by atoms with van der Waals surface area (Å²) in [7, 11) is 0. The molecule has 0 aliphatic carbocycles. The highest BCUT2D eigenvalue weighted by Crippen LogP contribution is 2.11. The van der Waals surface area contributed by atoms with E-state index in [1.165, 1.54) is 0 Å².